The normalized spacial score (nSPS) is 11.7. The lowest BCUT2D eigenvalue weighted by atomic mass is 10.1. The number of nitrogens with zero attached hydrogens (tertiary/aromatic N) is 5. The molecule has 0 spiro atoms. The van der Waals surface area contributed by atoms with Gasteiger partial charge < -0.3 is 4.57 Å². The van der Waals surface area contributed by atoms with Crippen LogP contribution in [0.5, 0.6) is 0 Å². The lowest BCUT2D eigenvalue weighted by molar-refractivity contribution is 0.626. The van der Waals surface area contributed by atoms with Crippen LogP contribution in [0.25, 0.3) is 28.2 Å². The van der Waals surface area contributed by atoms with Gasteiger partial charge in [0, 0.05) is 30.9 Å². The Morgan fingerprint density at radius 3 is 2.41 bits per heavy atom. The molecule has 0 amide bonds. The van der Waals surface area contributed by atoms with Crippen LogP contribution in [-0.4, -0.2) is 23.1 Å². The third-order valence-corrected chi connectivity index (χ3v) is 6.07. The summed E-state index contributed by atoms with van der Waals surface area (Å²) in [6, 6.07) is 11.3. The maximum absolute atomic E-state index is 13.4. The molecule has 162 valence electrons. The van der Waals surface area contributed by atoms with Crippen LogP contribution < -0.4 is 11.2 Å². The fourth-order valence-corrected chi connectivity index (χ4v) is 4.36. The number of hydrogen-bond acceptors (Lipinski definition) is 3. The van der Waals surface area contributed by atoms with Crippen LogP contribution in [-0.2, 0) is 20.6 Å². The minimum absolute atomic E-state index is 0.272. The van der Waals surface area contributed by atoms with Crippen molar-refractivity contribution in [3.63, 3.8) is 0 Å². The van der Waals surface area contributed by atoms with Crippen molar-refractivity contribution >= 4 is 40.1 Å². The standard InChI is InChI=1S/C22H16Cl2FN5O2/c1-27-19-18(20(31)28(2)22(27)32)30-11-17(15-8-5-13(23)9-16(15)24)29(21(30)26-19)10-12-3-6-14(25)7-4-12/h3-9,11H,10H2,1-2H3. The van der Waals surface area contributed by atoms with Crippen LogP contribution in [0.15, 0.2) is 58.3 Å². The van der Waals surface area contributed by atoms with E-state index in [1.807, 2.05) is 4.57 Å². The van der Waals surface area contributed by atoms with Gasteiger partial charge in [-0.2, -0.15) is 4.98 Å². The van der Waals surface area contributed by atoms with Crippen molar-refractivity contribution in [2.24, 2.45) is 14.1 Å². The number of aryl methyl sites for hydroxylation is 1. The van der Waals surface area contributed by atoms with Crippen molar-refractivity contribution in [1.82, 2.24) is 23.1 Å². The van der Waals surface area contributed by atoms with E-state index in [2.05, 4.69) is 4.98 Å². The Balaban J connectivity index is 1.87. The molecule has 2 aromatic carbocycles. The largest absolute Gasteiger partial charge is 0.332 e. The molecule has 0 unspecified atom stereocenters. The van der Waals surface area contributed by atoms with Gasteiger partial charge in [-0.1, -0.05) is 35.3 Å². The fourth-order valence-electron chi connectivity index (χ4n) is 3.86. The zero-order valence-electron chi connectivity index (χ0n) is 17.0. The van der Waals surface area contributed by atoms with Crippen molar-refractivity contribution < 1.29 is 4.39 Å². The number of aromatic nitrogens is 5. The average Bonchev–Trinajstić information content (AvgIpc) is 3.29. The summed E-state index contributed by atoms with van der Waals surface area (Å²) in [7, 11) is 2.99. The summed E-state index contributed by atoms with van der Waals surface area (Å²) in [5, 5.41) is 0.928. The van der Waals surface area contributed by atoms with E-state index in [9.17, 15) is 14.0 Å². The van der Waals surface area contributed by atoms with Gasteiger partial charge in [0.25, 0.3) is 5.56 Å². The Kier molecular flexibility index (Phi) is 4.72. The number of benzene rings is 2. The SMILES string of the molecule is Cn1c(=O)c2c(nc3n(Cc4ccc(F)cc4)c(-c4ccc(Cl)cc4Cl)cn23)n(C)c1=O. The van der Waals surface area contributed by atoms with Crippen molar-refractivity contribution in [3.05, 3.63) is 90.9 Å². The number of imidazole rings is 2. The van der Waals surface area contributed by atoms with Crippen molar-refractivity contribution in [1.29, 1.82) is 0 Å². The van der Waals surface area contributed by atoms with E-state index in [1.165, 1.54) is 23.7 Å². The highest BCUT2D eigenvalue weighted by molar-refractivity contribution is 6.36. The second-order valence-electron chi connectivity index (χ2n) is 7.51. The molecular formula is C22H16Cl2FN5O2. The molecule has 0 saturated heterocycles. The highest BCUT2D eigenvalue weighted by Gasteiger charge is 2.22. The Hall–Kier alpha value is -3.36. The first kappa shape index (κ1) is 20.5. The molecule has 5 rings (SSSR count). The molecule has 0 atom stereocenters. The van der Waals surface area contributed by atoms with Crippen LogP contribution in [0, 0.1) is 5.82 Å². The summed E-state index contributed by atoms with van der Waals surface area (Å²) < 4.78 is 19.3. The first-order valence-electron chi connectivity index (χ1n) is 9.63. The summed E-state index contributed by atoms with van der Waals surface area (Å²) >= 11 is 12.6. The first-order valence-corrected chi connectivity index (χ1v) is 10.4. The summed E-state index contributed by atoms with van der Waals surface area (Å²) in [4.78, 5) is 29.9. The van der Waals surface area contributed by atoms with Crippen LogP contribution in [0.4, 0.5) is 4.39 Å². The Labute approximate surface area is 190 Å². The molecule has 0 bridgehead atoms. The molecule has 10 heteroatoms. The van der Waals surface area contributed by atoms with Crippen LogP contribution >= 0.6 is 23.2 Å². The smallest absolute Gasteiger partial charge is 0.305 e. The van der Waals surface area contributed by atoms with Crippen molar-refractivity contribution in [2.45, 2.75) is 6.54 Å². The lowest BCUT2D eigenvalue weighted by Gasteiger charge is -2.11. The molecule has 0 aliphatic rings. The third kappa shape index (κ3) is 3.06. The van der Waals surface area contributed by atoms with Gasteiger partial charge in [0.1, 0.15) is 5.82 Å². The molecule has 3 aromatic heterocycles. The van der Waals surface area contributed by atoms with Crippen molar-refractivity contribution in [2.75, 3.05) is 0 Å². The van der Waals surface area contributed by atoms with Gasteiger partial charge in [0.05, 0.1) is 17.3 Å². The van der Waals surface area contributed by atoms with Crippen LogP contribution in [0.3, 0.4) is 0 Å². The van der Waals surface area contributed by atoms with Crippen molar-refractivity contribution in [3.8, 4) is 11.3 Å². The minimum Gasteiger partial charge on any atom is -0.305 e. The first-order chi connectivity index (χ1) is 15.3. The second-order valence-corrected chi connectivity index (χ2v) is 8.35. The number of hydrogen-bond donors (Lipinski definition) is 0. The van der Waals surface area contributed by atoms with E-state index in [0.29, 0.717) is 33.6 Å². The molecule has 5 aromatic rings. The number of fused-ring (bicyclic) bond motifs is 3. The maximum atomic E-state index is 13.4. The molecule has 0 N–H and O–H groups in total. The van der Waals surface area contributed by atoms with E-state index in [1.54, 1.807) is 48.0 Å². The zero-order chi connectivity index (χ0) is 22.7. The molecule has 0 aliphatic carbocycles. The lowest BCUT2D eigenvalue weighted by Crippen LogP contribution is -2.37. The molecule has 7 nitrogen and oxygen atoms in total. The van der Waals surface area contributed by atoms with E-state index >= 15 is 0 Å². The quantitative estimate of drug-likeness (QED) is 0.401. The highest BCUT2D eigenvalue weighted by Crippen LogP contribution is 2.33. The van der Waals surface area contributed by atoms with E-state index in [0.717, 1.165) is 10.1 Å². The van der Waals surface area contributed by atoms with Gasteiger partial charge in [0.15, 0.2) is 11.2 Å². The summed E-state index contributed by atoms with van der Waals surface area (Å²) in [5.74, 6) is 0.112. The Morgan fingerprint density at radius 2 is 1.72 bits per heavy atom. The van der Waals surface area contributed by atoms with Gasteiger partial charge in [-0.25, -0.2) is 9.18 Å². The van der Waals surface area contributed by atoms with Gasteiger partial charge in [-0.05, 0) is 35.9 Å². The van der Waals surface area contributed by atoms with E-state index in [-0.39, 0.29) is 17.0 Å². The molecule has 3 heterocycles. The van der Waals surface area contributed by atoms with Gasteiger partial charge >= 0.3 is 5.69 Å². The molecule has 0 aliphatic heterocycles. The molecule has 0 saturated carbocycles. The summed E-state index contributed by atoms with van der Waals surface area (Å²) in [5.41, 5.74) is 1.83. The monoisotopic (exact) mass is 471 g/mol. The fraction of sp³-hybridized carbons (Fsp3) is 0.136. The van der Waals surface area contributed by atoms with E-state index in [4.69, 9.17) is 23.2 Å². The zero-order valence-corrected chi connectivity index (χ0v) is 18.5. The minimum atomic E-state index is -0.464. The highest BCUT2D eigenvalue weighted by atomic mass is 35.5. The number of rotatable bonds is 3. The van der Waals surface area contributed by atoms with Gasteiger partial charge in [0.2, 0.25) is 5.78 Å². The predicted molar refractivity (Wildman–Crippen MR) is 122 cm³/mol. The molecule has 32 heavy (non-hydrogen) atoms. The second kappa shape index (κ2) is 7.36. The summed E-state index contributed by atoms with van der Waals surface area (Å²) in [6.07, 6.45) is 1.76. The maximum Gasteiger partial charge on any atom is 0.332 e. The Morgan fingerprint density at radius 1 is 1.00 bits per heavy atom. The van der Waals surface area contributed by atoms with Gasteiger partial charge in [-0.15, -0.1) is 0 Å². The molecule has 0 fully saturated rings. The predicted octanol–water partition coefficient (Wildman–Crippen LogP) is 3.85. The van der Waals surface area contributed by atoms with E-state index < -0.39 is 11.2 Å². The van der Waals surface area contributed by atoms with Crippen LogP contribution in [0.1, 0.15) is 5.56 Å². The molecule has 0 radical (unpaired) electrons. The summed E-state index contributed by atoms with van der Waals surface area (Å²) in [6.45, 7) is 0.336. The van der Waals surface area contributed by atoms with Gasteiger partial charge in [-0.3, -0.25) is 18.3 Å². The molecular weight excluding hydrogens is 456 g/mol. The third-order valence-electron chi connectivity index (χ3n) is 5.52. The Bertz CT molecular complexity index is 1640. The number of halogens is 3. The topological polar surface area (TPSA) is 66.2 Å². The average molecular weight is 472 g/mol. The van der Waals surface area contributed by atoms with Crippen LogP contribution in [0.2, 0.25) is 10.0 Å².